The van der Waals surface area contributed by atoms with E-state index >= 15 is 0 Å². The normalized spacial score (nSPS) is 12.4. The number of pyridine rings is 1. The van der Waals surface area contributed by atoms with Crippen LogP contribution < -0.4 is 5.73 Å². The molecule has 0 fully saturated rings. The van der Waals surface area contributed by atoms with E-state index in [9.17, 15) is 0 Å². The molecule has 0 aliphatic heterocycles. The lowest BCUT2D eigenvalue weighted by Gasteiger charge is -2.17. The van der Waals surface area contributed by atoms with Crippen molar-refractivity contribution in [1.82, 2.24) is 4.98 Å². The maximum atomic E-state index is 6.31. The van der Waals surface area contributed by atoms with E-state index in [4.69, 9.17) is 5.73 Å². The zero-order chi connectivity index (χ0) is 12.3. The molecule has 0 saturated heterocycles. The smallest absolute Gasteiger partial charge is 0.0341 e. The number of nitrogens with two attached hydrogens (primary N) is 1. The Morgan fingerprint density at radius 1 is 1.06 bits per heavy atom. The van der Waals surface area contributed by atoms with Crippen molar-refractivity contribution in [3.8, 4) is 0 Å². The van der Waals surface area contributed by atoms with Crippen LogP contribution in [-0.4, -0.2) is 4.98 Å². The van der Waals surface area contributed by atoms with Crippen LogP contribution in [0.5, 0.6) is 0 Å². The van der Waals surface area contributed by atoms with Crippen molar-refractivity contribution in [3.05, 3.63) is 65.0 Å². The highest BCUT2D eigenvalue weighted by Crippen LogP contribution is 2.22. The summed E-state index contributed by atoms with van der Waals surface area (Å²) in [6, 6.07) is 10.4. The van der Waals surface area contributed by atoms with Crippen LogP contribution in [0.2, 0.25) is 0 Å². The van der Waals surface area contributed by atoms with Crippen molar-refractivity contribution >= 4 is 0 Å². The zero-order valence-corrected chi connectivity index (χ0v) is 10.4. The van der Waals surface area contributed by atoms with E-state index in [0.29, 0.717) is 0 Å². The molecular weight excluding hydrogens is 208 g/mol. The molecule has 0 amide bonds. The fourth-order valence-electron chi connectivity index (χ4n) is 2.29. The number of aromatic nitrogens is 1. The quantitative estimate of drug-likeness (QED) is 0.874. The Morgan fingerprint density at radius 2 is 1.65 bits per heavy atom. The summed E-state index contributed by atoms with van der Waals surface area (Å²) in [6.07, 6.45) is 4.48. The summed E-state index contributed by atoms with van der Waals surface area (Å²) in [5, 5.41) is 0. The molecule has 1 aromatic heterocycles. The lowest BCUT2D eigenvalue weighted by molar-refractivity contribution is 0.710. The van der Waals surface area contributed by atoms with Crippen molar-refractivity contribution in [2.75, 3.05) is 0 Å². The van der Waals surface area contributed by atoms with Gasteiger partial charge in [0.1, 0.15) is 0 Å². The lowest BCUT2D eigenvalue weighted by atomic mass is 9.93. The Kier molecular flexibility index (Phi) is 3.55. The molecule has 2 heteroatoms. The number of nitrogens with zero attached hydrogens (tertiary/aromatic N) is 1. The molecular formula is C15H18N2. The van der Waals surface area contributed by atoms with Crippen molar-refractivity contribution in [3.63, 3.8) is 0 Å². The first-order valence-electron chi connectivity index (χ1n) is 5.89. The monoisotopic (exact) mass is 226 g/mol. The summed E-state index contributed by atoms with van der Waals surface area (Å²) in [5.74, 6) is 0. The second-order valence-electron chi connectivity index (χ2n) is 4.47. The van der Waals surface area contributed by atoms with E-state index in [-0.39, 0.29) is 6.04 Å². The first kappa shape index (κ1) is 11.8. The van der Waals surface area contributed by atoms with Gasteiger partial charge in [-0.25, -0.2) is 0 Å². The van der Waals surface area contributed by atoms with Gasteiger partial charge in [0.05, 0.1) is 0 Å². The van der Waals surface area contributed by atoms with Gasteiger partial charge in [-0.05, 0) is 54.7 Å². The van der Waals surface area contributed by atoms with Crippen molar-refractivity contribution in [1.29, 1.82) is 0 Å². The molecule has 88 valence electrons. The van der Waals surface area contributed by atoms with E-state index in [2.05, 4.69) is 37.0 Å². The van der Waals surface area contributed by atoms with E-state index in [0.717, 1.165) is 6.42 Å². The second-order valence-corrected chi connectivity index (χ2v) is 4.47. The molecule has 0 bridgehead atoms. The van der Waals surface area contributed by atoms with Gasteiger partial charge in [-0.3, -0.25) is 4.98 Å². The summed E-state index contributed by atoms with van der Waals surface area (Å²) in [5.41, 5.74) is 11.3. The van der Waals surface area contributed by atoms with Gasteiger partial charge in [0.15, 0.2) is 0 Å². The maximum absolute atomic E-state index is 6.31. The van der Waals surface area contributed by atoms with E-state index < -0.39 is 0 Å². The molecule has 2 aromatic rings. The van der Waals surface area contributed by atoms with Gasteiger partial charge in [0.2, 0.25) is 0 Å². The molecule has 1 aromatic carbocycles. The molecule has 0 spiro atoms. The van der Waals surface area contributed by atoms with E-state index in [1.54, 1.807) is 0 Å². The minimum absolute atomic E-state index is 0.0543. The number of hydrogen-bond donors (Lipinski definition) is 1. The van der Waals surface area contributed by atoms with Crippen molar-refractivity contribution in [2.45, 2.75) is 26.3 Å². The summed E-state index contributed by atoms with van der Waals surface area (Å²) >= 11 is 0. The largest absolute Gasteiger partial charge is 0.324 e. The summed E-state index contributed by atoms with van der Waals surface area (Å²) in [4.78, 5) is 4.02. The van der Waals surface area contributed by atoms with Crippen LogP contribution in [0.1, 0.15) is 28.3 Å². The number of aryl methyl sites for hydroxylation is 2. The molecule has 0 aliphatic rings. The predicted octanol–water partition coefficient (Wildman–Crippen LogP) is 2.94. The van der Waals surface area contributed by atoms with Gasteiger partial charge in [-0.1, -0.05) is 18.2 Å². The second kappa shape index (κ2) is 5.11. The van der Waals surface area contributed by atoms with Crippen LogP contribution >= 0.6 is 0 Å². The molecule has 0 saturated carbocycles. The third kappa shape index (κ3) is 2.71. The Morgan fingerprint density at radius 3 is 2.24 bits per heavy atom. The standard InChI is InChI=1S/C15H18N2/c1-11-4-3-5-12(2)15(11)14(16)10-13-6-8-17-9-7-13/h3-9,14H,10,16H2,1-2H3. The summed E-state index contributed by atoms with van der Waals surface area (Å²) in [6.45, 7) is 4.24. The topological polar surface area (TPSA) is 38.9 Å². The number of rotatable bonds is 3. The van der Waals surface area contributed by atoms with Gasteiger partial charge in [-0.2, -0.15) is 0 Å². The van der Waals surface area contributed by atoms with Crippen LogP contribution in [0.15, 0.2) is 42.7 Å². The fraction of sp³-hybridized carbons (Fsp3) is 0.267. The highest BCUT2D eigenvalue weighted by atomic mass is 14.6. The molecule has 0 aliphatic carbocycles. The number of benzene rings is 1. The minimum Gasteiger partial charge on any atom is -0.324 e. The predicted molar refractivity (Wildman–Crippen MR) is 70.8 cm³/mol. The molecule has 2 nitrogen and oxygen atoms in total. The molecule has 1 atom stereocenters. The molecule has 2 rings (SSSR count). The van der Waals surface area contributed by atoms with Crippen LogP contribution in [0, 0.1) is 13.8 Å². The van der Waals surface area contributed by atoms with Crippen molar-refractivity contribution < 1.29 is 0 Å². The van der Waals surface area contributed by atoms with Gasteiger partial charge >= 0.3 is 0 Å². The highest BCUT2D eigenvalue weighted by molar-refractivity contribution is 5.36. The third-order valence-corrected chi connectivity index (χ3v) is 3.12. The van der Waals surface area contributed by atoms with Gasteiger partial charge in [0, 0.05) is 18.4 Å². The average Bonchev–Trinajstić information content (AvgIpc) is 2.30. The molecule has 1 unspecified atom stereocenters. The van der Waals surface area contributed by atoms with Gasteiger partial charge in [-0.15, -0.1) is 0 Å². The first-order chi connectivity index (χ1) is 8.18. The Balaban J connectivity index is 2.23. The van der Waals surface area contributed by atoms with Gasteiger partial charge in [0.25, 0.3) is 0 Å². The first-order valence-corrected chi connectivity index (χ1v) is 5.89. The average molecular weight is 226 g/mol. The molecule has 2 N–H and O–H groups in total. The Bertz CT molecular complexity index is 471. The summed E-state index contributed by atoms with van der Waals surface area (Å²) in [7, 11) is 0. The highest BCUT2D eigenvalue weighted by Gasteiger charge is 2.11. The zero-order valence-electron chi connectivity index (χ0n) is 10.4. The summed E-state index contributed by atoms with van der Waals surface area (Å²) < 4.78 is 0. The SMILES string of the molecule is Cc1cccc(C)c1C(N)Cc1ccncc1. The van der Waals surface area contributed by atoms with Crippen LogP contribution in [-0.2, 0) is 6.42 Å². The molecule has 17 heavy (non-hydrogen) atoms. The van der Waals surface area contributed by atoms with Gasteiger partial charge < -0.3 is 5.73 Å². The minimum atomic E-state index is 0.0543. The maximum Gasteiger partial charge on any atom is 0.0341 e. The fourth-order valence-corrected chi connectivity index (χ4v) is 2.29. The van der Waals surface area contributed by atoms with E-state index in [1.165, 1.54) is 22.3 Å². The Labute approximate surface area is 103 Å². The van der Waals surface area contributed by atoms with Crippen LogP contribution in [0.3, 0.4) is 0 Å². The third-order valence-electron chi connectivity index (χ3n) is 3.12. The molecule has 0 radical (unpaired) electrons. The van der Waals surface area contributed by atoms with Crippen molar-refractivity contribution in [2.24, 2.45) is 5.73 Å². The lowest BCUT2D eigenvalue weighted by Crippen LogP contribution is -2.16. The van der Waals surface area contributed by atoms with Crippen LogP contribution in [0.4, 0.5) is 0 Å². The Hall–Kier alpha value is -1.67. The van der Waals surface area contributed by atoms with Crippen LogP contribution in [0.25, 0.3) is 0 Å². The number of hydrogen-bond acceptors (Lipinski definition) is 2. The molecule has 1 heterocycles. The van der Waals surface area contributed by atoms with E-state index in [1.807, 2.05) is 24.5 Å².